The molecule has 154 valence electrons. The van der Waals surface area contributed by atoms with Crippen LogP contribution in [0.4, 0.5) is 0 Å². The molecule has 1 aromatic heterocycles. The van der Waals surface area contributed by atoms with Crippen LogP contribution in [-0.4, -0.2) is 41.5 Å². The highest BCUT2D eigenvalue weighted by Crippen LogP contribution is 2.27. The molecule has 0 saturated heterocycles. The van der Waals surface area contributed by atoms with E-state index >= 15 is 0 Å². The third-order valence-electron chi connectivity index (χ3n) is 4.56. The van der Waals surface area contributed by atoms with Gasteiger partial charge in [0.15, 0.2) is 23.3 Å². The highest BCUT2D eigenvalue weighted by molar-refractivity contribution is 14.0. The van der Waals surface area contributed by atoms with Crippen molar-refractivity contribution in [2.45, 2.75) is 45.8 Å². The number of methoxy groups -OCH3 is 2. The largest absolute Gasteiger partial charge is 0.493 e. The summed E-state index contributed by atoms with van der Waals surface area (Å²) in [5.74, 6) is 4.22. The predicted octanol–water partition coefficient (Wildman–Crippen LogP) is 2.50. The number of guanidine groups is 1. The summed E-state index contributed by atoms with van der Waals surface area (Å²) >= 11 is 0. The zero-order valence-electron chi connectivity index (χ0n) is 16.7. The molecule has 28 heavy (non-hydrogen) atoms. The third kappa shape index (κ3) is 5.49. The summed E-state index contributed by atoms with van der Waals surface area (Å²) in [7, 11) is 3.27. The van der Waals surface area contributed by atoms with Gasteiger partial charge in [0.2, 0.25) is 0 Å². The van der Waals surface area contributed by atoms with Crippen molar-refractivity contribution in [3.8, 4) is 11.5 Å². The van der Waals surface area contributed by atoms with Crippen LogP contribution in [0.25, 0.3) is 0 Å². The summed E-state index contributed by atoms with van der Waals surface area (Å²) in [5.41, 5.74) is 1.05. The van der Waals surface area contributed by atoms with E-state index in [1.165, 1.54) is 12.8 Å². The number of hydrogen-bond donors (Lipinski definition) is 2. The number of fused-ring (bicyclic) bond motifs is 1. The first kappa shape index (κ1) is 22.3. The van der Waals surface area contributed by atoms with Gasteiger partial charge >= 0.3 is 0 Å². The van der Waals surface area contributed by atoms with Crippen molar-refractivity contribution < 1.29 is 9.47 Å². The monoisotopic (exact) mass is 500 g/mol. The first-order valence-corrected chi connectivity index (χ1v) is 9.39. The maximum atomic E-state index is 5.36. The van der Waals surface area contributed by atoms with Gasteiger partial charge in [-0.25, -0.2) is 4.99 Å². The normalized spacial score (nSPS) is 13.3. The predicted molar refractivity (Wildman–Crippen MR) is 120 cm³/mol. The van der Waals surface area contributed by atoms with Crippen molar-refractivity contribution in [3.63, 3.8) is 0 Å². The van der Waals surface area contributed by atoms with Gasteiger partial charge in [0, 0.05) is 19.5 Å². The van der Waals surface area contributed by atoms with Gasteiger partial charge in [-0.2, -0.15) is 0 Å². The number of aliphatic imine (C=N–C) groups is 1. The summed E-state index contributed by atoms with van der Waals surface area (Å²) in [6.45, 7) is 4.97. The quantitative estimate of drug-likeness (QED) is 0.345. The van der Waals surface area contributed by atoms with E-state index < -0.39 is 0 Å². The second kappa shape index (κ2) is 11.1. The minimum atomic E-state index is 0. The van der Waals surface area contributed by atoms with Crippen LogP contribution in [0.1, 0.15) is 37.0 Å². The van der Waals surface area contributed by atoms with Crippen LogP contribution >= 0.6 is 24.0 Å². The van der Waals surface area contributed by atoms with Gasteiger partial charge in [-0.05, 0) is 37.5 Å². The van der Waals surface area contributed by atoms with E-state index in [1.807, 2.05) is 25.1 Å². The SMILES string of the molecule is CCNC(=NCc1ccc(OC)c(OC)c1)NCc1nnc2n1CCCC2.I. The summed E-state index contributed by atoms with van der Waals surface area (Å²) < 4.78 is 12.9. The van der Waals surface area contributed by atoms with E-state index in [0.29, 0.717) is 24.6 Å². The molecule has 1 aromatic carbocycles. The average Bonchev–Trinajstić information content (AvgIpc) is 3.13. The van der Waals surface area contributed by atoms with Gasteiger partial charge in [0.1, 0.15) is 5.82 Å². The standard InChI is InChI=1S/C19H28N6O2.HI/c1-4-20-19(21-12-14-8-9-15(26-2)16(11-14)27-3)22-13-18-24-23-17-7-5-6-10-25(17)18;/h8-9,11H,4-7,10,12-13H2,1-3H3,(H2,20,21,22);1H. The first-order valence-electron chi connectivity index (χ1n) is 9.39. The maximum absolute atomic E-state index is 5.36. The van der Waals surface area contributed by atoms with Crippen LogP contribution in [-0.2, 0) is 26.1 Å². The molecule has 0 amide bonds. The fraction of sp³-hybridized carbons (Fsp3) is 0.526. The van der Waals surface area contributed by atoms with Crippen molar-refractivity contribution in [2.75, 3.05) is 20.8 Å². The molecule has 2 heterocycles. The molecule has 0 spiro atoms. The second-order valence-electron chi connectivity index (χ2n) is 6.38. The Hall–Kier alpha value is -2.04. The van der Waals surface area contributed by atoms with Gasteiger partial charge in [0.05, 0.1) is 27.3 Å². The fourth-order valence-corrected chi connectivity index (χ4v) is 3.15. The van der Waals surface area contributed by atoms with Crippen LogP contribution in [0.3, 0.4) is 0 Å². The molecule has 0 radical (unpaired) electrons. The lowest BCUT2D eigenvalue weighted by Crippen LogP contribution is -2.37. The fourth-order valence-electron chi connectivity index (χ4n) is 3.15. The van der Waals surface area contributed by atoms with Crippen LogP contribution in [0.5, 0.6) is 11.5 Å². The number of benzene rings is 1. The smallest absolute Gasteiger partial charge is 0.191 e. The Morgan fingerprint density at radius 2 is 1.96 bits per heavy atom. The van der Waals surface area contributed by atoms with Gasteiger partial charge in [0.25, 0.3) is 0 Å². The molecule has 2 N–H and O–H groups in total. The summed E-state index contributed by atoms with van der Waals surface area (Å²) in [4.78, 5) is 4.67. The highest BCUT2D eigenvalue weighted by atomic mass is 127. The van der Waals surface area contributed by atoms with Crippen molar-refractivity contribution in [1.82, 2.24) is 25.4 Å². The van der Waals surface area contributed by atoms with Crippen LogP contribution in [0.15, 0.2) is 23.2 Å². The van der Waals surface area contributed by atoms with E-state index in [1.54, 1.807) is 14.2 Å². The van der Waals surface area contributed by atoms with E-state index in [9.17, 15) is 0 Å². The Bertz CT molecular complexity index is 793. The number of nitrogens with zero attached hydrogens (tertiary/aromatic N) is 4. The molecule has 0 fully saturated rings. The van der Waals surface area contributed by atoms with Crippen LogP contribution in [0, 0.1) is 0 Å². The molecule has 1 aliphatic heterocycles. The molecule has 8 nitrogen and oxygen atoms in total. The molecule has 2 aromatic rings. The zero-order chi connectivity index (χ0) is 19.1. The number of nitrogens with one attached hydrogen (secondary N) is 2. The molecule has 0 saturated carbocycles. The minimum Gasteiger partial charge on any atom is -0.493 e. The Labute approximate surface area is 183 Å². The van der Waals surface area contributed by atoms with Gasteiger partial charge in [-0.15, -0.1) is 34.2 Å². The Morgan fingerprint density at radius 1 is 1.14 bits per heavy atom. The molecule has 0 unspecified atom stereocenters. The summed E-state index contributed by atoms with van der Waals surface area (Å²) in [5, 5.41) is 15.3. The lowest BCUT2D eigenvalue weighted by molar-refractivity contribution is 0.354. The van der Waals surface area contributed by atoms with Gasteiger partial charge in [-0.1, -0.05) is 6.07 Å². The topological polar surface area (TPSA) is 85.6 Å². The summed E-state index contributed by atoms with van der Waals surface area (Å²) in [6, 6.07) is 5.83. The second-order valence-corrected chi connectivity index (χ2v) is 6.38. The number of aromatic nitrogens is 3. The maximum Gasteiger partial charge on any atom is 0.191 e. The molecule has 1 aliphatic rings. The molecule has 0 aliphatic carbocycles. The number of aryl methyl sites for hydroxylation is 1. The highest BCUT2D eigenvalue weighted by Gasteiger charge is 2.15. The van der Waals surface area contributed by atoms with E-state index in [4.69, 9.17) is 9.47 Å². The zero-order valence-corrected chi connectivity index (χ0v) is 19.0. The van der Waals surface area contributed by atoms with Crippen molar-refractivity contribution in [3.05, 3.63) is 35.4 Å². The summed E-state index contributed by atoms with van der Waals surface area (Å²) in [6.07, 6.45) is 3.40. The molecule has 0 bridgehead atoms. The average molecular weight is 500 g/mol. The number of rotatable bonds is 7. The number of hydrogen-bond acceptors (Lipinski definition) is 5. The van der Waals surface area contributed by atoms with Gasteiger partial charge in [-0.3, -0.25) is 0 Å². The van der Waals surface area contributed by atoms with Crippen LogP contribution in [0.2, 0.25) is 0 Å². The molecule has 3 rings (SSSR count). The lowest BCUT2D eigenvalue weighted by atomic mass is 10.2. The van der Waals surface area contributed by atoms with E-state index in [2.05, 4.69) is 30.4 Å². The van der Waals surface area contributed by atoms with E-state index in [-0.39, 0.29) is 24.0 Å². The third-order valence-corrected chi connectivity index (χ3v) is 4.56. The Morgan fingerprint density at radius 3 is 2.71 bits per heavy atom. The van der Waals surface area contributed by atoms with Gasteiger partial charge < -0.3 is 24.7 Å². The molecule has 9 heteroatoms. The molecule has 0 atom stereocenters. The minimum absolute atomic E-state index is 0. The first-order chi connectivity index (χ1) is 13.2. The number of ether oxygens (including phenoxy) is 2. The lowest BCUT2D eigenvalue weighted by Gasteiger charge is -2.16. The molecular weight excluding hydrogens is 471 g/mol. The van der Waals surface area contributed by atoms with Crippen molar-refractivity contribution in [2.24, 2.45) is 4.99 Å². The molecular formula is C19H29IN6O2. The van der Waals surface area contributed by atoms with E-state index in [0.717, 1.165) is 42.7 Å². The Balaban J connectivity index is 0.00000280. The van der Waals surface area contributed by atoms with Crippen LogP contribution < -0.4 is 20.1 Å². The van der Waals surface area contributed by atoms with Crippen molar-refractivity contribution >= 4 is 29.9 Å². The van der Waals surface area contributed by atoms with Crippen molar-refractivity contribution in [1.29, 1.82) is 0 Å². The number of halogens is 1. The Kier molecular flexibility index (Phi) is 8.81.